The Kier molecular flexibility index (Phi) is 5.65. The number of nitrogens with two attached hydrogens (primary N) is 1. The lowest BCUT2D eigenvalue weighted by Crippen LogP contribution is -2.43. The third kappa shape index (κ3) is 4.58. The summed E-state index contributed by atoms with van der Waals surface area (Å²) in [7, 11) is 0. The maximum absolute atomic E-state index is 11.8. The zero-order chi connectivity index (χ0) is 15.3. The second kappa shape index (κ2) is 6.81. The van der Waals surface area contributed by atoms with Crippen molar-refractivity contribution >= 4 is 34.9 Å². The van der Waals surface area contributed by atoms with Crippen LogP contribution in [-0.2, 0) is 11.2 Å². The molecular weight excluding hydrogens is 301 g/mol. The van der Waals surface area contributed by atoms with Gasteiger partial charge in [-0.3, -0.25) is 4.79 Å². The molecule has 0 radical (unpaired) electrons. The van der Waals surface area contributed by atoms with Gasteiger partial charge in [-0.05, 0) is 17.7 Å². The van der Waals surface area contributed by atoms with Gasteiger partial charge in [-0.1, -0.05) is 48.3 Å². The van der Waals surface area contributed by atoms with Crippen LogP contribution in [0.5, 0.6) is 0 Å². The number of amides is 1. The summed E-state index contributed by atoms with van der Waals surface area (Å²) in [4.78, 5) is 11.8. The van der Waals surface area contributed by atoms with Crippen molar-refractivity contribution in [2.24, 2.45) is 16.3 Å². The van der Waals surface area contributed by atoms with Crippen molar-refractivity contribution in [1.82, 2.24) is 5.32 Å². The molecule has 0 aromatic heterocycles. The number of halogens is 2. The van der Waals surface area contributed by atoms with E-state index in [1.165, 1.54) is 0 Å². The largest absolute Gasteiger partial charge is 0.409 e. The lowest BCUT2D eigenvalue weighted by Gasteiger charge is -2.23. The van der Waals surface area contributed by atoms with E-state index in [1.807, 2.05) is 0 Å². The topological polar surface area (TPSA) is 87.7 Å². The first-order chi connectivity index (χ1) is 9.26. The summed E-state index contributed by atoms with van der Waals surface area (Å²) in [5, 5.41) is 15.2. The third-order valence-electron chi connectivity index (χ3n) is 2.88. The van der Waals surface area contributed by atoms with Gasteiger partial charge in [0.2, 0.25) is 5.91 Å². The molecule has 1 rings (SSSR count). The molecule has 4 N–H and O–H groups in total. The molecule has 0 bridgehead atoms. The predicted octanol–water partition coefficient (Wildman–Crippen LogP) is 2.42. The molecule has 0 aliphatic rings. The second-order valence-corrected chi connectivity index (χ2v) is 5.89. The summed E-state index contributed by atoms with van der Waals surface area (Å²) in [5.74, 6) is -0.116. The molecule has 0 saturated heterocycles. The highest BCUT2D eigenvalue weighted by atomic mass is 35.5. The van der Waals surface area contributed by atoms with Crippen molar-refractivity contribution in [2.45, 2.75) is 20.3 Å². The van der Waals surface area contributed by atoms with Gasteiger partial charge < -0.3 is 16.3 Å². The summed E-state index contributed by atoms with van der Waals surface area (Å²) in [5.41, 5.74) is 5.68. The average Bonchev–Trinajstić information content (AvgIpc) is 2.40. The van der Waals surface area contributed by atoms with Crippen LogP contribution in [0.1, 0.15) is 19.4 Å². The molecule has 0 saturated carbocycles. The van der Waals surface area contributed by atoms with Crippen LogP contribution in [0.2, 0.25) is 10.0 Å². The Hall–Kier alpha value is -1.46. The normalized spacial score (nSPS) is 12.3. The molecule has 0 aliphatic heterocycles. The highest BCUT2D eigenvalue weighted by Crippen LogP contribution is 2.22. The molecule has 0 heterocycles. The molecular formula is C13H17Cl2N3O2. The fraction of sp³-hybridized carbons (Fsp3) is 0.385. The Bertz CT molecular complexity index is 530. The first-order valence-corrected chi connectivity index (χ1v) is 6.70. The Balaban J connectivity index is 2.58. The number of nitrogens with zero attached hydrogens (tertiary/aromatic N) is 1. The number of hydrogen-bond acceptors (Lipinski definition) is 3. The van der Waals surface area contributed by atoms with Gasteiger partial charge >= 0.3 is 0 Å². The Morgan fingerprint density at radius 2 is 2.05 bits per heavy atom. The van der Waals surface area contributed by atoms with Gasteiger partial charge in [0, 0.05) is 12.0 Å². The van der Waals surface area contributed by atoms with Crippen molar-refractivity contribution in [2.75, 3.05) is 6.54 Å². The van der Waals surface area contributed by atoms with Crippen molar-refractivity contribution in [3.63, 3.8) is 0 Å². The van der Waals surface area contributed by atoms with Crippen LogP contribution in [0.15, 0.2) is 23.4 Å². The first-order valence-electron chi connectivity index (χ1n) is 5.95. The summed E-state index contributed by atoms with van der Waals surface area (Å²) >= 11 is 11.7. The van der Waals surface area contributed by atoms with Crippen LogP contribution in [0.4, 0.5) is 0 Å². The van der Waals surface area contributed by atoms with Crippen LogP contribution in [0.25, 0.3) is 0 Å². The molecule has 110 valence electrons. The standard InChI is InChI=1S/C13H17Cl2N3O2/c1-13(2,12(16)18-20)7-17-11(19)6-8-3-4-9(14)10(15)5-8/h3-5,20H,6-7H2,1-2H3,(H2,16,18)(H,17,19). The molecule has 1 aromatic rings. The molecule has 0 atom stereocenters. The Labute approximate surface area is 127 Å². The van der Waals surface area contributed by atoms with E-state index >= 15 is 0 Å². The van der Waals surface area contributed by atoms with E-state index < -0.39 is 5.41 Å². The number of rotatable bonds is 5. The van der Waals surface area contributed by atoms with Gasteiger partial charge in [-0.15, -0.1) is 0 Å². The summed E-state index contributed by atoms with van der Waals surface area (Å²) in [6, 6.07) is 5.04. The van der Waals surface area contributed by atoms with Crippen LogP contribution < -0.4 is 11.1 Å². The monoisotopic (exact) mass is 317 g/mol. The predicted molar refractivity (Wildman–Crippen MR) is 80.4 cm³/mol. The SMILES string of the molecule is CC(C)(CNC(=O)Cc1ccc(Cl)c(Cl)c1)/C(N)=N/O. The Morgan fingerprint density at radius 3 is 2.60 bits per heavy atom. The molecule has 0 fully saturated rings. The molecule has 0 spiro atoms. The molecule has 0 aliphatic carbocycles. The van der Waals surface area contributed by atoms with E-state index in [1.54, 1.807) is 32.0 Å². The fourth-order valence-corrected chi connectivity index (χ4v) is 1.76. The number of benzene rings is 1. The number of oxime groups is 1. The van der Waals surface area contributed by atoms with Gasteiger partial charge in [0.25, 0.3) is 0 Å². The van der Waals surface area contributed by atoms with Crippen LogP contribution >= 0.6 is 23.2 Å². The first kappa shape index (κ1) is 16.6. The van der Waals surface area contributed by atoms with Crippen molar-refractivity contribution in [1.29, 1.82) is 0 Å². The molecule has 1 amide bonds. The van der Waals surface area contributed by atoms with Crippen LogP contribution in [0.3, 0.4) is 0 Å². The van der Waals surface area contributed by atoms with E-state index in [0.29, 0.717) is 10.0 Å². The molecule has 20 heavy (non-hydrogen) atoms. The number of nitrogens with one attached hydrogen (secondary N) is 1. The third-order valence-corrected chi connectivity index (χ3v) is 3.62. The van der Waals surface area contributed by atoms with E-state index in [4.69, 9.17) is 34.1 Å². The van der Waals surface area contributed by atoms with Gasteiger partial charge in [0.15, 0.2) is 0 Å². The maximum atomic E-state index is 11.8. The zero-order valence-electron chi connectivity index (χ0n) is 11.3. The van der Waals surface area contributed by atoms with Crippen molar-refractivity contribution < 1.29 is 10.0 Å². The smallest absolute Gasteiger partial charge is 0.224 e. The van der Waals surface area contributed by atoms with Crippen LogP contribution in [-0.4, -0.2) is 23.5 Å². The number of carbonyl (C=O) groups is 1. The van der Waals surface area contributed by atoms with E-state index in [-0.39, 0.29) is 24.7 Å². The van der Waals surface area contributed by atoms with Crippen molar-refractivity contribution in [3.05, 3.63) is 33.8 Å². The van der Waals surface area contributed by atoms with Gasteiger partial charge in [-0.25, -0.2) is 0 Å². The summed E-state index contributed by atoms with van der Waals surface area (Å²) < 4.78 is 0. The number of hydrogen-bond donors (Lipinski definition) is 3. The minimum atomic E-state index is -0.623. The summed E-state index contributed by atoms with van der Waals surface area (Å²) in [6.07, 6.45) is 0.184. The van der Waals surface area contributed by atoms with E-state index in [0.717, 1.165) is 5.56 Å². The van der Waals surface area contributed by atoms with E-state index in [9.17, 15) is 4.79 Å². The van der Waals surface area contributed by atoms with Gasteiger partial charge in [0.1, 0.15) is 5.84 Å². The molecule has 5 nitrogen and oxygen atoms in total. The van der Waals surface area contributed by atoms with E-state index in [2.05, 4.69) is 10.5 Å². The molecule has 0 unspecified atom stereocenters. The zero-order valence-corrected chi connectivity index (χ0v) is 12.8. The number of carbonyl (C=O) groups excluding carboxylic acids is 1. The number of amidine groups is 1. The second-order valence-electron chi connectivity index (χ2n) is 5.07. The summed E-state index contributed by atoms with van der Waals surface area (Å²) in [6.45, 7) is 3.80. The molecule has 7 heteroatoms. The quantitative estimate of drug-likeness (QED) is 0.337. The highest BCUT2D eigenvalue weighted by molar-refractivity contribution is 6.42. The highest BCUT2D eigenvalue weighted by Gasteiger charge is 2.24. The Morgan fingerprint density at radius 1 is 1.40 bits per heavy atom. The van der Waals surface area contributed by atoms with Gasteiger partial charge in [0.05, 0.1) is 16.5 Å². The van der Waals surface area contributed by atoms with Gasteiger partial charge in [-0.2, -0.15) is 0 Å². The fourth-order valence-electron chi connectivity index (χ4n) is 1.44. The lowest BCUT2D eigenvalue weighted by atomic mass is 9.92. The maximum Gasteiger partial charge on any atom is 0.224 e. The average molecular weight is 318 g/mol. The minimum absolute atomic E-state index is 0.0623. The van der Waals surface area contributed by atoms with Crippen LogP contribution in [0, 0.1) is 5.41 Å². The van der Waals surface area contributed by atoms with Crippen molar-refractivity contribution in [3.8, 4) is 0 Å². The molecule has 1 aromatic carbocycles. The minimum Gasteiger partial charge on any atom is -0.409 e. The lowest BCUT2D eigenvalue weighted by molar-refractivity contribution is -0.120.